The summed E-state index contributed by atoms with van der Waals surface area (Å²) < 4.78 is 89.4. The van der Waals surface area contributed by atoms with E-state index < -0.39 is 51.8 Å². The lowest BCUT2D eigenvalue weighted by Gasteiger charge is -2.32. The van der Waals surface area contributed by atoms with Crippen LogP contribution in [0.25, 0.3) is 11.0 Å². The first kappa shape index (κ1) is 50.2. The lowest BCUT2D eigenvalue weighted by atomic mass is 9.49. The summed E-state index contributed by atoms with van der Waals surface area (Å²) in [6.45, 7) is 24.9. The van der Waals surface area contributed by atoms with E-state index in [1.807, 2.05) is 89.2 Å². The molecule has 18 nitrogen and oxygen atoms in total. The molecule has 0 amide bonds. The number of nitriles is 2. The molecular weight excluding hydrogens is 953 g/mol. The fraction of sp³-hybridized carbons (Fsp3) is 0.619. The highest BCUT2D eigenvalue weighted by molar-refractivity contribution is 9.10. The Morgan fingerprint density at radius 2 is 1.00 bits per heavy atom. The third-order valence-corrected chi connectivity index (χ3v) is 18.3. The van der Waals surface area contributed by atoms with Crippen molar-refractivity contribution in [2.24, 2.45) is 11.8 Å². The number of rotatable bonds is 8. The van der Waals surface area contributed by atoms with Crippen LogP contribution in [0.2, 0.25) is 0 Å². The first-order chi connectivity index (χ1) is 30.4. The van der Waals surface area contributed by atoms with Gasteiger partial charge in [-0.2, -0.15) is 20.7 Å². The normalized spacial score (nSPS) is 28.3. The highest BCUT2D eigenvalue weighted by Gasteiger charge is 2.64. The zero-order valence-electron chi connectivity index (χ0n) is 39.6. The van der Waals surface area contributed by atoms with Crippen LogP contribution < -0.4 is 14.9 Å². The molecule has 2 N–H and O–H groups in total. The number of hydrogen-bond donors (Lipinski definition) is 2. The van der Waals surface area contributed by atoms with Gasteiger partial charge in [-0.25, -0.2) is 17.4 Å². The molecule has 0 saturated carbocycles. The van der Waals surface area contributed by atoms with Crippen molar-refractivity contribution >= 4 is 73.0 Å². The molecule has 4 aromatic rings. The minimum absolute atomic E-state index is 0.119. The molecule has 4 aromatic heterocycles. The van der Waals surface area contributed by atoms with Crippen molar-refractivity contribution in [1.29, 1.82) is 20.1 Å². The number of fused-ring (bicyclic) bond motifs is 2. The van der Waals surface area contributed by atoms with E-state index in [0.29, 0.717) is 75.3 Å². The molecule has 0 spiro atoms. The molecule has 0 aliphatic carbocycles. The molecular formula is C42H58B3BrN8O10S2. The molecule has 5 aliphatic heterocycles. The molecule has 0 unspecified atom stereocenters. The molecule has 5 aliphatic rings. The van der Waals surface area contributed by atoms with Gasteiger partial charge >= 0.3 is 21.1 Å². The fourth-order valence-corrected chi connectivity index (χ4v) is 11.5. The van der Waals surface area contributed by atoms with Crippen molar-refractivity contribution in [1.82, 2.24) is 19.2 Å². The Labute approximate surface area is 397 Å². The Morgan fingerprint density at radius 3 is 1.38 bits per heavy atom. The van der Waals surface area contributed by atoms with Crippen LogP contribution in [0.1, 0.15) is 94.2 Å². The minimum atomic E-state index is -2.39. The average molecular weight is 1010 g/mol. The minimum Gasteiger partial charge on any atom is -0.492 e. The zero-order chi connectivity index (χ0) is 48.6. The summed E-state index contributed by atoms with van der Waals surface area (Å²) in [6, 6.07) is 7.85. The number of pyridine rings is 2. The molecule has 66 heavy (non-hydrogen) atoms. The Kier molecular flexibility index (Phi) is 13.2. The van der Waals surface area contributed by atoms with Crippen molar-refractivity contribution in [2.45, 2.75) is 117 Å². The highest BCUT2D eigenvalue weighted by atomic mass is 79.9. The Bertz CT molecular complexity index is 2730. The summed E-state index contributed by atoms with van der Waals surface area (Å²) in [4.78, 5) is 0. The second-order valence-corrected chi connectivity index (χ2v) is 26.0. The second kappa shape index (κ2) is 17.4. The summed E-state index contributed by atoms with van der Waals surface area (Å²) >= 11 is 3.41. The predicted octanol–water partition coefficient (Wildman–Crippen LogP) is 5.83. The van der Waals surface area contributed by atoms with Gasteiger partial charge in [0.15, 0.2) is 0 Å². The van der Waals surface area contributed by atoms with Crippen LogP contribution in [0.3, 0.4) is 0 Å². The number of aromatic nitrogens is 4. The van der Waals surface area contributed by atoms with Gasteiger partial charge in [0, 0.05) is 64.2 Å². The summed E-state index contributed by atoms with van der Waals surface area (Å²) in [5, 5.41) is 26.8. The van der Waals surface area contributed by atoms with Crippen LogP contribution in [0.5, 0.6) is 11.5 Å². The zero-order valence-corrected chi connectivity index (χ0v) is 42.8. The molecule has 5 saturated heterocycles. The summed E-state index contributed by atoms with van der Waals surface area (Å²) in [5.74, 6) is 3.07. The maximum atomic E-state index is 11.6. The van der Waals surface area contributed by atoms with Gasteiger partial charge in [0.1, 0.15) is 23.6 Å². The molecule has 0 bridgehead atoms. The number of nitrogens with zero attached hydrogens (tertiary/aromatic N) is 6. The summed E-state index contributed by atoms with van der Waals surface area (Å²) in [7, 11) is -6.32. The van der Waals surface area contributed by atoms with Crippen molar-refractivity contribution < 1.29 is 45.8 Å². The molecule has 0 radical (unpaired) electrons. The highest BCUT2D eigenvalue weighted by Crippen LogP contribution is 2.43. The van der Waals surface area contributed by atoms with Gasteiger partial charge < -0.3 is 37.4 Å². The van der Waals surface area contributed by atoms with Gasteiger partial charge in [-0.3, -0.25) is 9.56 Å². The predicted molar refractivity (Wildman–Crippen MR) is 255 cm³/mol. The number of halogens is 1. The van der Waals surface area contributed by atoms with Gasteiger partial charge in [-0.1, -0.05) is 0 Å². The van der Waals surface area contributed by atoms with Crippen molar-refractivity contribution in [3.05, 3.63) is 52.5 Å². The van der Waals surface area contributed by atoms with Crippen molar-refractivity contribution in [3.63, 3.8) is 0 Å². The third kappa shape index (κ3) is 10.0. The first-order valence-electron chi connectivity index (χ1n) is 21.7. The summed E-state index contributed by atoms with van der Waals surface area (Å²) in [6.07, 6.45) is 6.43. The maximum absolute atomic E-state index is 11.6. The Hall–Kier alpha value is -3.71. The van der Waals surface area contributed by atoms with E-state index in [1.54, 1.807) is 27.5 Å². The maximum Gasteiger partial charge on any atom is 0.497 e. The third-order valence-electron chi connectivity index (χ3n) is 13.7. The van der Waals surface area contributed by atoms with Crippen molar-refractivity contribution in [3.8, 4) is 23.6 Å². The lowest BCUT2D eigenvalue weighted by Crippen LogP contribution is -2.41. The van der Waals surface area contributed by atoms with Crippen LogP contribution in [0, 0.1) is 44.1 Å². The SMILES string of the molecule is CC1(C)OB(B2OC(C)(C)C(C)(C)O2)OC1(C)C.CC1(C)OB(c2cc(OCC3CS(=N)(=O)C3)cn3ncc(C#N)c23)OC1(C)C.N#Cc1cnn2cc(OCC3CS(=N)(=O)C3)cc(Br)c12. The molecule has 24 heteroatoms. The largest absolute Gasteiger partial charge is 0.497 e. The monoisotopic (exact) mass is 1010 g/mol. The van der Waals surface area contributed by atoms with Crippen LogP contribution >= 0.6 is 15.9 Å². The first-order valence-corrected chi connectivity index (χ1v) is 26.3. The van der Waals surface area contributed by atoms with Gasteiger partial charge in [-0.15, -0.1) is 0 Å². The molecule has 354 valence electrons. The van der Waals surface area contributed by atoms with Crippen LogP contribution in [0.15, 0.2) is 41.4 Å². The number of hydrogen-bond acceptors (Lipinski definition) is 16. The smallest absolute Gasteiger partial charge is 0.492 e. The standard InChI is InChI=1S/C18H23BN4O4S.C12H24B2O4.C12H11BrN4O2S/c1-17(2)18(3,4)27-19(26-17)15-5-14(25-9-12-10-28(21,24)11-12)8-23-16(15)13(6-20)7-22-23;1-9(2)10(3,4)16-13(15-9)14-17-11(5,6)12(7,8)18-14;13-11-1-10(19-5-8-6-20(15,18)7-8)4-17-12(11)9(2-14)3-16-17/h5,7-8,12,21H,9-11H2,1-4H3;1-8H3;1,3-4,8,15H,5-7H2. The number of nitrogens with one attached hydrogen (secondary N) is 2. The number of ether oxygens (including phenoxy) is 2. The van der Waals surface area contributed by atoms with Crippen LogP contribution in [-0.4, -0.2) is 119 Å². The molecule has 0 atom stereocenters. The van der Waals surface area contributed by atoms with E-state index in [4.69, 9.17) is 52.2 Å². The van der Waals surface area contributed by atoms with Crippen LogP contribution in [-0.2, 0) is 47.4 Å². The molecule has 5 fully saturated rings. The van der Waals surface area contributed by atoms with Gasteiger partial charge in [0.05, 0.1) is 93.8 Å². The van der Waals surface area contributed by atoms with E-state index in [1.165, 1.54) is 12.4 Å². The van der Waals surface area contributed by atoms with E-state index >= 15 is 0 Å². The quantitative estimate of drug-likeness (QED) is 0.198. The van der Waals surface area contributed by atoms with Crippen LogP contribution in [0.4, 0.5) is 0 Å². The lowest BCUT2D eigenvalue weighted by molar-refractivity contribution is 0.00578. The van der Waals surface area contributed by atoms with E-state index in [-0.39, 0.29) is 34.2 Å². The van der Waals surface area contributed by atoms with Crippen molar-refractivity contribution in [2.75, 3.05) is 36.2 Å². The molecule has 9 heterocycles. The summed E-state index contributed by atoms with van der Waals surface area (Å²) in [5.41, 5.74) is 0.481. The van der Waals surface area contributed by atoms with E-state index in [9.17, 15) is 13.7 Å². The molecule has 9 rings (SSSR count). The second-order valence-electron chi connectivity index (χ2n) is 20.6. The fourth-order valence-electron chi connectivity index (χ4n) is 7.69. The van der Waals surface area contributed by atoms with Gasteiger partial charge in [0.25, 0.3) is 0 Å². The van der Waals surface area contributed by atoms with E-state index in [0.717, 1.165) is 4.47 Å². The topological polar surface area (TPSA) is 238 Å². The van der Waals surface area contributed by atoms with Gasteiger partial charge in [0.2, 0.25) is 0 Å². The Balaban J connectivity index is 0.000000152. The van der Waals surface area contributed by atoms with Gasteiger partial charge in [-0.05, 0) is 111 Å². The Morgan fingerprint density at radius 1 is 0.652 bits per heavy atom. The molecule has 0 aromatic carbocycles. The van der Waals surface area contributed by atoms with E-state index in [2.05, 4.69) is 38.3 Å². The average Bonchev–Trinajstić information content (AvgIpc) is 3.94.